The summed E-state index contributed by atoms with van der Waals surface area (Å²) >= 11 is 12.3. The SMILES string of the molecule is Cc1c(Cl)cccc1-n1c(C)cc([C@@H]2[C@H](c3ccccn3)NC(=S)N2CCCN(C)C)c1C. The molecule has 0 radical (unpaired) electrons. The van der Waals surface area contributed by atoms with Gasteiger partial charge in [0.1, 0.15) is 0 Å². The van der Waals surface area contributed by atoms with Gasteiger partial charge in [-0.15, -0.1) is 0 Å². The zero-order valence-electron chi connectivity index (χ0n) is 20.0. The Morgan fingerprint density at radius 2 is 1.91 bits per heavy atom. The fraction of sp³-hybridized carbons (Fsp3) is 0.385. The van der Waals surface area contributed by atoms with Gasteiger partial charge in [-0.25, -0.2) is 0 Å². The molecule has 33 heavy (non-hydrogen) atoms. The Morgan fingerprint density at radius 1 is 1.12 bits per heavy atom. The Hall–Kier alpha value is -2.41. The maximum atomic E-state index is 6.47. The van der Waals surface area contributed by atoms with Crippen LogP contribution in [0.15, 0.2) is 48.7 Å². The number of pyridine rings is 1. The van der Waals surface area contributed by atoms with Gasteiger partial charge >= 0.3 is 0 Å². The molecule has 1 saturated heterocycles. The summed E-state index contributed by atoms with van der Waals surface area (Å²) < 4.78 is 2.31. The molecule has 1 N–H and O–H groups in total. The number of nitrogens with zero attached hydrogens (tertiary/aromatic N) is 4. The number of aryl methyl sites for hydroxylation is 1. The van der Waals surface area contributed by atoms with Crippen LogP contribution in [0.2, 0.25) is 5.02 Å². The van der Waals surface area contributed by atoms with E-state index in [0.717, 1.165) is 46.6 Å². The van der Waals surface area contributed by atoms with Gasteiger partial charge in [0.25, 0.3) is 0 Å². The molecule has 174 valence electrons. The number of rotatable bonds is 7. The lowest BCUT2D eigenvalue weighted by Crippen LogP contribution is -2.32. The van der Waals surface area contributed by atoms with Crippen molar-refractivity contribution in [3.05, 3.63) is 81.9 Å². The van der Waals surface area contributed by atoms with Crippen molar-refractivity contribution in [1.82, 2.24) is 24.7 Å². The molecule has 0 unspecified atom stereocenters. The van der Waals surface area contributed by atoms with E-state index in [4.69, 9.17) is 23.8 Å². The highest BCUT2D eigenvalue weighted by Crippen LogP contribution is 2.41. The Bertz CT molecular complexity index is 1140. The third-order valence-corrected chi connectivity index (χ3v) is 7.23. The van der Waals surface area contributed by atoms with E-state index < -0.39 is 0 Å². The number of hydrogen-bond acceptors (Lipinski definition) is 3. The summed E-state index contributed by atoms with van der Waals surface area (Å²) in [7, 11) is 4.21. The second kappa shape index (κ2) is 9.84. The maximum Gasteiger partial charge on any atom is 0.170 e. The van der Waals surface area contributed by atoms with E-state index in [1.807, 2.05) is 30.5 Å². The summed E-state index contributed by atoms with van der Waals surface area (Å²) in [5, 5.41) is 5.14. The molecule has 1 fully saturated rings. The standard InChI is InChI=1S/C26H32ClN5S/c1-17-16-20(19(3)32(17)23-12-8-10-21(27)18(23)2)25-24(22-11-6-7-13-28-22)29-26(33)31(25)15-9-14-30(4)5/h6-8,10-13,16,24-25H,9,14-15H2,1-5H3,(H,29,33)/t24-,25+/m0/s1. The van der Waals surface area contributed by atoms with Crippen molar-refractivity contribution in [3.63, 3.8) is 0 Å². The third kappa shape index (κ3) is 4.65. The zero-order valence-corrected chi connectivity index (χ0v) is 21.5. The van der Waals surface area contributed by atoms with Crippen molar-refractivity contribution in [1.29, 1.82) is 0 Å². The second-order valence-corrected chi connectivity index (χ2v) is 9.82. The topological polar surface area (TPSA) is 36.3 Å². The monoisotopic (exact) mass is 481 g/mol. The predicted molar refractivity (Wildman–Crippen MR) is 140 cm³/mol. The van der Waals surface area contributed by atoms with E-state index in [9.17, 15) is 0 Å². The van der Waals surface area contributed by atoms with E-state index in [2.05, 4.69) is 77.7 Å². The number of halogens is 1. The van der Waals surface area contributed by atoms with Crippen LogP contribution >= 0.6 is 23.8 Å². The molecule has 1 aliphatic heterocycles. The molecular weight excluding hydrogens is 450 g/mol. The molecule has 3 heterocycles. The van der Waals surface area contributed by atoms with Gasteiger partial charge in [-0.2, -0.15) is 0 Å². The molecule has 1 aliphatic rings. The molecule has 4 rings (SSSR count). The van der Waals surface area contributed by atoms with Gasteiger partial charge in [0.05, 0.1) is 17.8 Å². The number of benzene rings is 1. The van der Waals surface area contributed by atoms with Crippen LogP contribution in [0.1, 0.15) is 46.7 Å². The molecule has 0 saturated carbocycles. The Labute approximate surface area is 207 Å². The Balaban J connectivity index is 1.80. The number of aromatic nitrogens is 2. The van der Waals surface area contributed by atoms with Gasteiger partial charge in [0.15, 0.2) is 5.11 Å². The minimum atomic E-state index is -0.00698. The van der Waals surface area contributed by atoms with Crippen molar-refractivity contribution in [3.8, 4) is 5.69 Å². The van der Waals surface area contributed by atoms with E-state index in [1.165, 1.54) is 17.0 Å². The van der Waals surface area contributed by atoms with Crippen molar-refractivity contribution in [2.24, 2.45) is 0 Å². The summed E-state index contributed by atoms with van der Waals surface area (Å²) in [6.45, 7) is 8.33. The lowest BCUT2D eigenvalue weighted by Gasteiger charge is -2.28. The van der Waals surface area contributed by atoms with Crippen LogP contribution in [-0.2, 0) is 0 Å². The minimum absolute atomic E-state index is 0.00698. The van der Waals surface area contributed by atoms with Crippen molar-refractivity contribution in [2.45, 2.75) is 39.3 Å². The first kappa shape index (κ1) is 23.7. The predicted octanol–water partition coefficient (Wildman–Crippen LogP) is 5.38. The first-order chi connectivity index (χ1) is 15.8. The molecule has 0 bridgehead atoms. The average molecular weight is 482 g/mol. The van der Waals surface area contributed by atoms with Crippen LogP contribution in [0.4, 0.5) is 0 Å². The van der Waals surface area contributed by atoms with E-state index >= 15 is 0 Å². The van der Waals surface area contributed by atoms with Crippen LogP contribution in [0.5, 0.6) is 0 Å². The van der Waals surface area contributed by atoms with Crippen molar-refractivity contribution >= 4 is 28.9 Å². The summed E-state index contributed by atoms with van der Waals surface area (Å²) in [6.07, 6.45) is 2.89. The second-order valence-electron chi connectivity index (χ2n) is 9.02. The molecular formula is C26H32ClN5S. The largest absolute Gasteiger partial charge is 0.352 e. The molecule has 3 aromatic rings. The van der Waals surface area contributed by atoms with Gasteiger partial charge in [0.2, 0.25) is 0 Å². The minimum Gasteiger partial charge on any atom is -0.352 e. The molecule has 0 aliphatic carbocycles. The Morgan fingerprint density at radius 3 is 2.61 bits per heavy atom. The first-order valence-corrected chi connectivity index (χ1v) is 12.2. The first-order valence-electron chi connectivity index (χ1n) is 11.4. The highest BCUT2D eigenvalue weighted by molar-refractivity contribution is 7.80. The number of thiocarbonyl (C=S) groups is 1. The summed E-state index contributed by atoms with van der Waals surface area (Å²) in [4.78, 5) is 9.23. The molecule has 0 spiro atoms. The molecule has 1 aromatic carbocycles. The fourth-order valence-corrected chi connectivity index (χ4v) is 5.34. The molecule has 7 heteroatoms. The lowest BCUT2D eigenvalue weighted by molar-refractivity contribution is 0.292. The van der Waals surface area contributed by atoms with Crippen LogP contribution in [0, 0.1) is 20.8 Å². The van der Waals surface area contributed by atoms with E-state index in [-0.39, 0.29) is 12.1 Å². The quantitative estimate of drug-likeness (QED) is 0.459. The van der Waals surface area contributed by atoms with Gasteiger partial charge in [-0.05, 0) is 102 Å². The van der Waals surface area contributed by atoms with E-state index in [0.29, 0.717) is 0 Å². The highest BCUT2D eigenvalue weighted by Gasteiger charge is 2.41. The summed E-state index contributed by atoms with van der Waals surface area (Å²) in [5.74, 6) is 0. The van der Waals surface area contributed by atoms with Crippen LogP contribution in [0.25, 0.3) is 5.69 Å². The fourth-order valence-electron chi connectivity index (χ4n) is 4.84. The summed E-state index contributed by atoms with van der Waals surface area (Å²) in [5.41, 5.74) is 6.84. The van der Waals surface area contributed by atoms with Crippen LogP contribution in [0.3, 0.4) is 0 Å². The molecule has 2 aromatic heterocycles. The smallest absolute Gasteiger partial charge is 0.170 e. The van der Waals surface area contributed by atoms with Crippen molar-refractivity contribution in [2.75, 3.05) is 27.2 Å². The maximum absolute atomic E-state index is 6.47. The normalized spacial score (nSPS) is 18.3. The lowest BCUT2D eigenvalue weighted by atomic mass is 9.96. The zero-order chi connectivity index (χ0) is 23.7. The molecule has 2 atom stereocenters. The number of nitrogens with one attached hydrogen (secondary N) is 1. The van der Waals surface area contributed by atoms with E-state index in [1.54, 1.807) is 0 Å². The Kier molecular flexibility index (Phi) is 7.07. The summed E-state index contributed by atoms with van der Waals surface area (Å²) in [6, 6.07) is 14.5. The number of hydrogen-bond donors (Lipinski definition) is 1. The van der Waals surface area contributed by atoms with Gasteiger partial charge in [-0.3, -0.25) is 4.98 Å². The third-order valence-electron chi connectivity index (χ3n) is 6.47. The molecule has 0 amide bonds. The molecule has 5 nitrogen and oxygen atoms in total. The average Bonchev–Trinajstić information content (AvgIpc) is 3.26. The van der Waals surface area contributed by atoms with Crippen LogP contribution in [-0.4, -0.2) is 51.6 Å². The van der Waals surface area contributed by atoms with Crippen LogP contribution < -0.4 is 5.32 Å². The van der Waals surface area contributed by atoms with Gasteiger partial charge in [-0.1, -0.05) is 23.7 Å². The van der Waals surface area contributed by atoms with Gasteiger partial charge < -0.3 is 19.7 Å². The van der Waals surface area contributed by atoms with Crippen molar-refractivity contribution < 1.29 is 0 Å². The van der Waals surface area contributed by atoms with Gasteiger partial charge in [0, 0.05) is 34.8 Å². The highest BCUT2D eigenvalue weighted by atomic mass is 35.5.